The predicted octanol–water partition coefficient (Wildman–Crippen LogP) is 2.50. The zero-order valence-electron chi connectivity index (χ0n) is 12.7. The molecular formula is C15H18N4O2S. The Hall–Kier alpha value is -2.28. The average molecular weight is 318 g/mol. The summed E-state index contributed by atoms with van der Waals surface area (Å²) in [5, 5.41) is 11.2. The molecule has 1 aromatic heterocycles. The minimum atomic E-state index is 0.0720. The second-order valence-electron chi connectivity index (χ2n) is 5.20. The van der Waals surface area contributed by atoms with Crippen molar-refractivity contribution in [2.45, 2.75) is 19.9 Å². The Morgan fingerprint density at radius 1 is 1.36 bits per heavy atom. The van der Waals surface area contributed by atoms with Crippen molar-refractivity contribution in [3.63, 3.8) is 0 Å². The molecule has 1 aromatic carbocycles. The maximum atomic E-state index is 5.37. The number of fused-ring (bicyclic) bond motifs is 1. The summed E-state index contributed by atoms with van der Waals surface area (Å²) >= 11 is 5.37. The first-order chi connectivity index (χ1) is 10.5. The van der Waals surface area contributed by atoms with E-state index >= 15 is 0 Å². The molecule has 0 spiro atoms. The van der Waals surface area contributed by atoms with Crippen molar-refractivity contribution in [1.29, 1.82) is 0 Å². The highest BCUT2D eigenvalue weighted by Crippen LogP contribution is 2.34. The fourth-order valence-electron chi connectivity index (χ4n) is 2.36. The molecule has 1 atom stereocenters. The van der Waals surface area contributed by atoms with E-state index in [1.165, 1.54) is 0 Å². The topological polar surface area (TPSA) is 60.3 Å². The second-order valence-corrected chi connectivity index (χ2v) is 5.61. The van der Waals surface area contributed by atoms with Gasteiger partial charge in [-0.1, -0.05) is 0 Å². The maximum Gasteiger partial charge on any atom is 0.231 e. The van der Waals surface area contributed by atoms with Crippen LogP contribution in [0.4, 0.5) is 5.69 Å². The first-order valence-corrected chi connectivity index (χ1v) is 7.41. The third-order valence-electron chi connectivity index (χ3n) is 3.72. The minimum Gasteiger partial charge on any atom is -0.454 e. The monoisotopic (exact) mass is 318 g/mol. The molecule has 1 unspecified atom stereocenters. The molecule has 0 radical (unpaired) electrons. The highest BCUT2D eigenvalue weighted by Gasteiger charge is 2.15. The Morgan fingerprint density at radius 3 is 2.86 bits per heavy atom. The van der Waals surface area contributed by atoms with Gasteiger partial charge in [-0.25, -0.2) is 0 Å². The third kappa shape index (κ3) is 2.85. The van der Waals surface area contributed by atoms with E-state index in [9.17, 15) is 0 Å². The van der Waals surface area contributed by atoms with Crippen LogP contribution >= 0.6 is 12.2 Å². The van der Waals surface area contributed by atoms with Crippen LogP contribution in [-0.4, -0.2) is 21.7 Å². The largest absolute Gasteiger partial charge is 0.454 e. The molecule has 2 heterocycles. The number of aryl methyl sites for hydroxylation is 1. The van der Waals surface area contributed by atoms with Gasteiger partial charge in [-0.05, 0) is 38.2 Å². The number of anilines is 1. The third-order valence-corrected chi connectivity index (χ3v) is 3.94. The van der Waals surface area contributed by atoms with Crippen LogP contribution in [0.25, 0.3) is 0 Å². The first-order valence-electron chi connectivity index (χ1n) is 7.00. The molecule has 1 aliphatic heterocycles. The van der Waals surface area contributed by atoms with Gasteiger partial charge in [0, 0.05) is 30.1 Å². The van der Waals surface area contributed by atoms with Crippen molar-refractivity contribution < 1.29 is 9.47 Å². The Morgan fingerprint density at radius 2 is 2.14 bits per heavy atom. The van der Waals surface area contributed by atoms with Crippen molar-refractivity contribution in [3.8, 4) is 11.5 Å². The highest BCUT2D eigenvalue weighted by atomic mass is 32.1. The zero-order chi connectivity index (χ0) is 15.7. The summed E-state index contributed by atoms with van der Waals surface area (Å²) in [6.45, 7) is 4.35. The van der Waals surface area contributed by atoms with Crippen LogP contribution in [0.15, 0.2) is 24.4 Å². The Bertz CT molecular complexity index is 714. The van der Waals surface area contributed by atoms with Crippen LogP contribution < -0.4 is 20.1 Å². The van der Waals surface area contributed by atoms with Crippen molar-refractivity contribution in [3.05, 3.63) is 35.7 Å². The number of rotatable bonds is 3. The van der Waals surface area contributed by atoms with Gasteiger partial charge in [-0.15, -0.1) is 0 Å². The Kier molecular flexibility index (Phi) is 3.89. The summed E-state index contributed by atoms with van der Waals surface area (Å²) in [6, 6.07) is 5.71. The van der Waals surface area contributed by atoms with Crippen LogP contribution in [0.1, 0.15) is 24.2 Å². The quantitative estimate of drug-likeness (QED) is 0.848. The lowest BCUT2D eigenvalue weighted by atomic mass is 10.1. The normalized spacial score (nSPS) is 13.8. The second kappa shape index (κ2) is 5.84. The fraction of sp³-hybridized carbons (Fsp3) is 0.333. The van der Waals surface area contributed by atoms with Gasteiger partial charge in [-0.2, -0.15) is 5.10 Å². The van der Waals surface area contributed by atoms with Crippen molar-refractivity contribution in [2.24, 2.45) is 7.05 Å². The van der Waals surface area contributed by atoms with E-state index in [1.54, 1.807) is 0 Å². The van der Waals surface area contributed by atoms with E-state index < -0.39 is 0 Å². The van der Waals surface area contributed by atoms with Gasteiger partial charge in [0.15, 0.2) is 16.6 Å². The zero-order valence-corrected chi connectivity index (χ0v) is 13.5. The number of benzene rings is 1. The van der Waals surface area contributed by atoms with E-state index in [4.69, 9.17) is 21.7 Å². The van der Waals surface area contributed by atoms with Gasteiger partial charge in [0.1, 0.15) is 0 Å². The number of hydrogen-bond donors (Lipinski definition) is 2. The fourth-order valence-corrected chi connectivity index (χ4v) is 2.65. The number of ether oxygens (including phenoxy) is 2. The maximum absolute atomic E-state index is 5.37. The van der Waals surface area contributed by atoms with Crippen molar-refractivity contribution in [1.82, 2.24) is 15.1 Å². The molecule has 7 heteroatoms. The summed E-state index contributed by atoms with van der Waals surface area (Å²) in [6.07, 6.45) is 1.86. The van der Waals surface area contributed by atoms with E-state index in [2.05, 4.69) is 22.7 Å². The predicted molar refractivity (Wildman–Crippen MR) is 88.3 cm³/mol. The first kappa shape index (κ1) is 14.6. The summed E-state index contributed by atoms with van der Waals surface area (Å²) in [4.78, 5) is 0. The van der Waals surface area contributed by atoms with Crippen molar-refractivity contribution in [2.75, 3.05) is 12.1 Å². The molecule has 0 saturated heterocycles. The summed E-state index contributed by atoms with van der Waals surface area (Å²) in [7, 11) is 1.93. The molecule has 3 rings (SSSR count). The van der Waals surface area contributed by atoms with Gasteiger partial charge >= 0.3 is 0 Å². The molecule has 0 aliphatic carbocycles. The number of aromatic nitrogens is 2. The molecule has 2 N–H and O–H groups in total. The number of thiocarbonyl (C=S) groups is 1. The lowest BCUT2D eigenvalue weighted by Gasteiger charge is -2.17. The Balaban J connectivity index is 1.64. The number of nitrogens with zero attached hydrogens (tertiary/aromatic N) is 2. The minimum absolute atomic E-state index is 0.0720. The standard InChI is InChI=1S/C15H18N4O2S/c1-9(12-7-16-19(3)10(12)2)17-15(22)18-11-4-5-13-14(6-11)21-8-20-13/h4-7,9H,8H2,1-3H3,(H2,17,18,22). The molecule has 0 saturated carbocycles. The molecular weight excluding hydrogens is 300 g/mol. The molecule has 1 aliphatic rings. The van der Waals surface area contributed by atoms with Crippen LogP contribution in [-0.2, 0) is 7.05 Å². The molecule has 116 valence electrons. The van der Waals surface area contributed by atoms with Crippen LogP contribution in [0.5, 0.6) is 11.5 Å². The summed E-state index contributed by atoms with van der Waals surface area (Å²) < 4.78 is 12.5. The lowest BCUT2D eigenvalue weighted by molar-refractivity contribution is 0.174. The van der Waals surface area contributed by atoms with Gasteiger partial charge < -0.3 is 20.1 Å². The lowest BCUT2D eigenvalue weighted by Crippen LogP contribution is -2.31. The molecule has 0 amide bonds. The summed E-state index contributed by atoms with van der Waals surface area (Å²) in [5.74, 6) is 1.48. The van der Waals surface area contributed by atoms with Gasteiger partial charge in [-0.3, -0.25) is 4.68 Å². The van der Waals surface area contributed by atoms with E-state index in [1.807, 2.05) is 43.0 Å². The molecule has 2 aromatic rings. The highest BCUT2D eigenvalue weighted by molar-refractivity contribution is 7.80. The molecule has 6 nitrogen and oxygen atoms in total. The van der Waals surface area contributed by atoms with Crippen LogP contribution in [0, 0.1) is 6.92 Å². The van der Waals surface area contributed by atoms with E-state index in [-0.39, 0.29) is 12.8 Å². The summed E-state index contributed by atoms with van der Waals surface area (Å²) in [5.41, 5.74) is 3.10. The van der Waals surface area contributed by atoms with Gasteiger partial charge in [0.05, 0.1) is 12.2 Å². The molecule has 22 heavy (non-hydrogen) atoms. The van der Waals surface area contributed by atoms with Crippen molar-refractivity contribution >= 4 is 23.0 Å². The van der Waals surface area contributed by atoms with E-state index in [0.717, 1.165) is 28.4 Å². The van der Waals surface area contributed by atoms with Gasteiger partial charge in [0.25, 0.3) is 0 Å². The average Bonchev–Trinajstić information content (AvgIpc) is 3.06. The SMILES string of the molecule is Cc1c(C(C)NC(=S)Nc2ccc3c(c2)OCO3)cnn1C. The number of hydrogen-bond acceptors (Lipinski definition) is 4. The molecule has 0 bridgehead atoms. The van der Waals surface area contributed by atoms with Gasteiger partial charge in [0.2, 0.25) is 6.79 Å². The number of nitrogens with one attached hydrogen (secondary N) is 2. The van der Waals surface area contributed by atoms with E-state index in [0.29, 0.717) is 5.11 Å². The molecule has 0 fully saturated rings. The van der Waals surface area contributed by atoms with Crippen LogP contribution in [0.2, 0.25) is 0 Å². The van der Waals surface area contributed by atoms with Crippen LogP contribution in [0.3, 0.4) is 0 Å². The Labute approximate surface area is 134 Å². The smallest absolute Gasteiger partial charge is 0.231 e.